The van der Waals surface area contributed by atoms with Gasteiger partial charge in [0.2, 0.25) is 5.91 Å². The van der Waals surface area contributed by atoms with Gasteiger partial charge >= 0.3 is 0 Å². The summed E-state index contributed by atoms with van der Waals surface area (Å²) < 4.78 is 26.1. The van der Waals surface area contributed by atoms with Gasteiger partial charge in [-0.25, -0.2) is 8.78 Å². The van der Waals surface area contributed by atoms with E-state index in [1.807, 2.05) is 0 Å². The van der Waals surface area contributed by atoms with Crippen LogP contribution in [0, 0.1) is 17.0 Å². The van der Waals surface area contributed by atoms with Crippen molar-refractivity contribution in [3.63, 3.8) is 0 Å². The predicted molar refractivity (Wildman–Crippen MR) is 73.5 cm³/mol. The van der Waals surface area contributed by atoms with E-state index in [0.29, 0.717) is 13.0 Å². The molecule has 0 saturated heterocycles. The molecule has 1 fully saturated rings. The third kappa shape index (κ3) is 4.18. The summed E-state index contributed by atoms with van der Waals surface area (Å²) in [7, 11) is 0. The molecule has 0 aliphatic heterocycles. The fourth-order valence-electron chi connectivity index (χ4n) is 2.00. The van der Waals surface area contributed by atoms with E-state index in [1.165, 1.54) is 12.1 Å². The van der Waals surface area contributed by atoms with Crippen molar-refractivity contribution in [2.75, 3.05) is 18.9 Å². The number of aliphatic hydroxyl groups is 1. The number of hydrogen-bond donors (Lipinski definition) is 2. The van der Waals surface area contributed by atoms with Crippen LogP contribution in [0.15, 0.2) is 23.1 Å². The third-order valence-electron chi connectivity index (χ3n) is 3.51. The van der Waals surface area contributed by atoms with Crippen LogP contribution in [0.4, 0.5) is 8.78 Å². The number of carbonyl (C=O) groups is 1. The molecule has 0 atom stereocenters. The van der Waals surface area contributed by atoms with Gasteiger partial charge < -0.3 is 10.4 Å². The van der Waals surface area contributed by atoms with Crippen LogP contribution in [0.2, 0.25) is 0 Å². The number of thioether (sulfide) groups is 1. The SMILES string of the molecule is O=C(CSc1ccc(F)cc1F)NCC1(CCO)CC1. The van der Waals surface area contributed by atoms with Gasteiger partial charge in [0, 0.05) is 24.1 Å². The molecule has 0 radical (unpaired) electrons. The first kappa shape index (κ1) is 15.3. The second-order valence-electron chi connectivity index (χ2n) is 5.11. The molecule has 20 heavy (non-hydrogen) atoms. The second-order valence-corrected chi connectivity index (χ2v) is 6.13. The van der Waals surface area contributed by atoms with E-state index in [2.05, 4.69) is 5.32 Å². The molecule has 110 valence electrons. The van der Waals surface area contributed by atoms with Crippen LogP contribution in [0.5, 0.6) is 0 Å². The summed E-state index contributed by atoms with van der Waals surface area (Å²) in [6.07, 6.45) is 2.74. The molecule has 0 bridgehead atoms. The topological polar surface area (TPSA) is 49.3 Å². The number of halogens is 2. The summed E-state index contributed by atoms with van der Waals surface area (Å²) >= 11 is 1.05. The summed E-state index contributed by atoms with van der Waals surface area (Å²) in [5.74, 6) is -1.36. The lowest BCUT2D eigenvalue weighted by Crippen LogP contribution is -2.31. The monoisotopic (exact) mass is 301 g/mol. The van der Waals surface area contributed by atoms with E-state index in [9.17, 15) is 13.6 Å². The number of rotatable bonds is 7. The fraction of sp³-hybridized carbons (Fsp3) is 0.500. The van der Waals surface area contributed by atoms with Crippen molar-refractivity contribution in [3.05, 3.63) is 29.8 Å². The minimum Gasteiger partial charge on any atom is -0.396 e. The van der Waals surface area contributed by atoms with Gasteiger partial charge in [-0.3, -0.25) is 4.79 Å². The fourth-order valence-corrected chi connectivity index (χ4v) is 2.75. The second kappa shape index (κ2) is 6.54. The Balaban J connectivity index is 1.75. The number of benzene rings is 1. The third-order valence-corrected chi connectivity index (χ3v) is 4.56. The van der Waals surface area contributed by atoms with Gasteiger partial charge in [-0.2, -0.15) is 0 Å². The predicted octanol–water partition coefficient (Wildman–Crippen LogP) is 2.34. The van der Waals surface area contributed by atoms with Crippen molar-refractivity contribution < 1.29 is 18.7 Å². The van der Waals surface area contributed by atoms with E-state index < -0.39 is 11.6 Å². The molecular formula is C14H17F2NO2S. The minimum absolute atomic E-state index is 0.0657. The number of amides is 1. The van der Waals surface area contributed by atoms with E-state index in [4.69, 9.17) is 5.11 Å². The number of aliphatic hydroxyl groups excluding tert-OH is 1. The zero-order valence-corrected chi connectivity index (χ0v) is 11.8. The quantitative estimate of drug-likeness (QED) is 0.760. The van der Waals surface area contributed by atoms with E-state index in [0.717, 1.165) is 30.7 Å². The van der Waals surface area contributed by atoms with Gasteiger partial charge in [-0.1, -0.05) is 0 Å². The molecule has 0 unspecified atom stereocenters. The van der Waals surface area contributed by atoms with Crippen LogP contribution in [-0.2, 0) is 4.79 Å². The first-order valence-electron chi connectivity index (χ1n) is 6.50. The molecule has 1 aromatic carbocycles. The number of hydrogen-bond acceptors (Lipinski definition) is 3. The van der Waals surface area contributed by atoms with Crippen LogP contribution in [0.25, 0.3) is 0 Å². The van der Waals surface area contributed by atoms with Crippen molar-refractivity contribution in [1.82, 2.24) is 5.32 Å². The normalized spacial score (nSPS) is 15.9. The Morgan fingerprint density at radius 2 is 2.15 bits per heavy atom. The van der Waals surface area contributed by atoms with Gasteiger partial charge in [0.15, 0.2) is 0 Å². The highest BCUT2D eigenvalue weighted by atomic mass is 32.2. The lowest BCUT2D eigenvalue weighted by Gasteiger charge is -2.14. The lowest BCUT2D eigenvalue weighted by molar-refractivity contribution is -0.118. The molecule has 6 heteroatoms. The molecule has 3 nitrogen and oxygen atoms in total. The Kier molecular flexibility index (Phi) is 4.99. The molecule has 2 N–H and O–H groups in total. The minimum atomic E-state index is -0.651. The van der Waals surface area contributed by atoms with Gasteiger partial charge in [-0.05, 0) is 36.8 Å². The van der Waals surface area contributed by atoms with E-state index >= 15 is 0 Å². The first-order valence-corrected chi connectivity index (χ1v) is 7.49. The van der Waals surface area contributed by atoms with E-state index in [1.54, 1.807) is 0 Å². The summed E-state index contributed by atoms with van der Waals surface area (Å²) in [5.41, 5.74) is 0.0657. The van der Waals surface area contributed by atoms with Gasteiger partial charge in [0.25, 0.3) is 0 Å². The highest BCUT2D eigenvalue weighted by molar-refractivity contribution is 8.00. The smallest absolute Gasteiger partial charge is 0.230 e. The Labute approximate surface area is 120 Å². The number of carbonyl (C=O) groups excluding carboxylic acids is 1. The van der Waals surface area contributed by atoms with Crippen molar-refractivity contribution in [2.45, 2.75) is 24.2 Å². The molecule has 0 spiro atoms. The first-order chi connectivity index (χ1) is 9.54. The average molecular weight is 301 g/mol. The summed E-state index contributed by atoms with van der Waals surface area (Å²) in [6.45, 7) is 0.685. The summed E-state index contributed by atoms with van der Waals surface area (Å²) in [5, 5.41) is 11.7. The molecular weight excluding hydrogens is 284 g/mol. The molecule has 1 amide bonds. The van der Waals surface area contributed by atoms with Crippen LogP contribution >= 0.6 is 11.8 Å². The van der Waals surface area contributed by atoms with Crippen LogP contribution in [0.3, 0.4) is 0 Å². The molecule has 2 rings (SSSR count). The average Bonchev–Trinajstić information content (AvgIpc) is 3.16. The highest BCUT2D eigenvalue weighted by Gasteiger charge is 2.41. The Bertz CT molecular complexity index is 492. The van der Waals surface area contributed by atoms with Gasteiger partial charge in [0.05, 0.1) is 5.75 Å². The van der Waals surface area contributed by atoms with Gasteiger partial charge in [-0.15, -0.1) is 11.8 Å². The lowest BCUT2D eigenvalue weighted by atomic mass is 10.0. The Hall–Kier alpha value is -1.14. The van der Waals surface area contributed by atoms with Crippen molar-refractivity contribution in [1.29, 1.82) is 0 Å². The molecule has 1 aliphatic carbocycles. The highest BCUT2D eigenvalue weighted by Crippen LogP contribution is 2.47. The maximum Gasteiger partial charge on any atom is 0.230 e. The molecule has 0 aromatic heterocycles. The molecule has 1 saturated carbocycles. The zero-order valence-electron chi connectivity index (χ0n) is 11.0. The van der Waals surface area contributed by atoms with E-state index in [-0.39, 0.29) is 28.6 Å². The number of nitrogens with one attached hydrogen (secondary N) is 1. The standard InChI is InChI=1S/C14H17F2NO2S/c15-10-1-2-12(11(16)7-10)20-8-13(19)17-9-14(3-4-14)5-6-18/h1-2,7,18H,3-6,8-9H2,(H,17,19). The molecule has 1 aliphatic rings. The van der Waals surface area contributed by atoms with Gasteiger partial charge in [0.1, 0.15) is 11.6 Å². The Morgan fingerprint density at radius 1 is 1.40 bits per heavy atom. The molecule has 1 aromatic rings. The largest absolute Gasteiger partial charge is 0.396 e. The summed E-state index contributed by atoms with van der Waals surface area (Å²) in [4.78, 5) is 11.9. The maximum absolute atomic E-state index is 13.4. The summed E-state index contributed by atoms with van der Waals surface area (Å²) in [6, 6.07) is 3.31. The molecule has 0 heterocycles. The van der Waals surface area contributed by atoms with Crippen LogP contribution in [0.1, 0.15) is 19.3 Å². The van der Waals surface area contributed by atoms with Crippen LogP contribution < -0.4 is 5.32 Å². The van der Waals surface area contributed by atoms with Crippen molar-refractivity contribution in [3.8, 4) is 0 Å². The maximum atomic E-state index is 13.4. The van der Waals surface area contributed by atoms with Crippen molar-refractivity contribution in [2.24, 2.45) is 5.41 Å². The Morgan fingerprint density at radius 3 is 2.75 bits per heavy atom. The zero-order chi connectivity index (χ0) is 14.6. The van der Waals surface area contributed by atoms with Crippen LogP contribution in [-0.4, -0.2) is 29.9 Å². The van der Waals surface area contributed by atoms with Crippen molar-refractivity contribution >= 4 is 17.7 Å².